The van der Waals surface area contributed by atoms with Gasteiger partial charge in [0, 0.05) is 6.54 Å². The lowest BCUT2D eigenvalue weighted by atomic mass is 10.3. The van der Waals surface area contributed by atoms with E-state index in [4.69, 9.17) is 4.74 Å². The molecule has 0 aliphatic carbocycles. The van der Waals surface area contributed by atoms with E-state index in [1.165, 1.54) is 12.8 Å². The second-order valence-electron chi connectivity index (χ2n) is 4.44. The third-order valence-corrected chi connectivity index (χ3v) is 2.65. The summed E-state index contributed by atoms with van der Waals surface area (Å²) in [6, 6.07) is 0. The van der Waals surface area contributed by atoms with Crippen molar-refractivity contribution in [3.8, 4) is 0 Å². The zero-order valence-corrected chi connectivity index (χ0v) is 9.74. The summed E-state index contributed by atoms with van der Waals surface area (Å²) < 4.78 is 5.38. The minimum atomic E-state index is -0.340. The van der Waals surface area contributed by atoms with E-state index in [0.717, 1.165) is 31.6 Å². The Labute approximate surface area is 92.7 Å². The fraction of sp³-hybridized carbons (Fsp3) is 0.833. The van der Waals surface area contributed by atoms with Crippen molar-refractivity contribution in [2.24, 2.45) is 0 Å². The van der Waals surface area contributed by atoms with Gasteiger partial charge in [-0.15, -0.1) is 6.58 Å². The molecule has 3 heteroatoms. The van der Waals surface area contributed by atoms with Gasteiger partial charge in [-0.05, 0) is 39.3 Å². The minimum absolute atomic E-state index is 0.340. The van der Waals surface area contributed by atoms with E-state index in [1.807, 2.05) is 6.92 Å². The second-order valence-corrected chi connectivity index (χ2v) is 4.44. The van der Waals surface area contributed by atoms with Crippen LogP contribution in [0.25, 0.3) is 0 Å². The Morgan fingerprint density at radius 3 is 2.73 bits per heavy atom. The van der Waals surface area contributed by atoms with Crippen LogP contribution >= 0.6 is 0 Å². The summed E-state index contributed by atoms with van der Waals surface area (Å²) in [7, 11) is 0. The number of hydrogen-bond donors (Lipinski definition) is 1. The first-order chi connectivity index (χ1) is 7.18. The SMILES string of the molecule is C=C(C)CCOCC(O)CN1CCCC1. The summed E-state index contributed by atoms with van der Waals surface area (Å²) in [5.74, 6) is 0. The Morgan fingerprint density at radius 2 is 2.13 bits per heavy atom. The average molecular weight is 213 g/mol. The number of nitrogens with zero attached hydrogens (tertiary/aromatic N) is 1. The van der Waals surface area contributed by atoms with E-state index < -0.39 is 0 Å². The maximum atomic E-state index is 9.69. The fourth-order valence-electron chi connectivity index (χ4n) is 1.78. The molecule has 3 nitrogen and oxygen atoms in total. The Balaban J connectivity index is 1.97. The molecule has 15 heavy (non-hydrogen) atoms. The quantitative estimate of drug-likeness (QED) is 0.513. The van der Waals surface area contributed by atoms with Crippen molar-refractivity contribution in [3.63, 3.8) is 0 Å². The maximum Gasteiger partial charge on any atom is 0.0900 e. The number of likely N-dealkylation sites (tertiary alicyclic amines) is 1. The predicted octanol–water partition coefficient (Wildman–Crippen LogP) is 1.43. The van der Waals surface area contributed by atoms with Crippen LogP contribution in [0.5, 0.6) is 0 Å². The predicted molar refractivity (Wildman–Crippen MR) is 61.9 cm³/mol. The lowest BCUT2D eigenvalue weighted by Gasteiger charge is -2.19. The molecular formula is C12H23NO2. The first-order valence-electron chi connectivity index (χ1n) is 5.81. The molecule has 1 aliphatic heterocycles. The van der Waals surface area contributed by atoms with E-state index in [9.17, 15) is 5.11 Å². The maximum absolute atomic E-state index is 9.69. The molecule has 0 radical (unpaired) electrons. The standard InChI is InChI=1S/C12H23NO2/c1-11(2)5-8-15-10-12(14)9-13-6-3-4-7-13/h12,14H,1,3-10H2,2H3. The van der Waals surface area contributed by atoms with E-state index in [0.29, 0.717) is 13.2 Å². The Morgan fingerprint density at radius 1 is 1.47 bits per heavy atom. The molecule has 1 atom stereocenters. The Kier molecular flexibility index (Phi) is 5.91. The van der Waals surface area contributed by atoms with Crippen LogP contribution in [0.4, 0.5) is 0 Å². The third kappa shape index (κ3) is 5.92. The molecule has 1 saturated heterocycles. The van der Waals surface area contributed by atoms with Gasteiger partial charge in [0.2, 0.25) is 0 Å². The van der Waals surface area contributed by atoms with Crippen molar-refractivity contribution in [3.05, 3.63) is 12.2 Å². The molecule has 1 heterocycles. The van der Waals surface area contributed by atoms with Crippen molar-refractivity contribution in [2.45, 2.75) is 32.3 Å². The van der Waals surface area contributed by atoms with Gasteiger partial charge in [-0.1, -0.05) is 5.57 Å². The zero-order chi connectivity index (χ0) is 11.1. The molecule has 0 saturated carbocycles. The highest BCUT2D eigenvalue weighted by Gasteiger charge is 2.15. The van der Waals surface area contributed by atoms with Crippen molar-refractivity contribution in [1.82, 2.24) is 4.90 Å². The van der Waals surface area contributed by atoms with Gasteiger partial charge in [0.25, 0.3) is 0 Å². The first-order valence-corrected chi connectivity index (χ1v) is 5.81. The number of rotatable bonds is 7. The van der Waals surface area contributed by atoms with Gasteiger partial charge in [0.15, 0.2) is 0 Å². The van der Waals surface area contributed by atoms with Crippen molar-refractivity contribution in [2.75, 3.05) is 32.8 Å². The van der Waals surface area contributed by atoms with Gasteiger partial charge >= 0.3 is 0 Å². The number of hydrogen-bond acceptors (Lipinski definition) is 3. The highest BCUT2D eigenvalue weighted by Crippen LogP contribution is 2.07. The lowest BCUT2D eigenvalue weighted by molar-refractivity contribution is 0.0215. The van der Waals surface area contributed by atoms with Crippen LogP contribution in [0.15, 0.2) is 12.2 Å². The number of aliphatic hydroxyl groups is 1. The van der Waals surface area contributed by atoms with E-state index in [2.05, 4.69) is 11.5 Å². The smallest absolute Gasteiger partial charge is 0.0900 e. The van der Waals surface area contributed by atoms with Crippen LogP contribution in [-0.2, 0) is 4.74 Å². The van der Waals surface area contributed by atoms with E-state index >= 15 is 0 Å². The van der Waals surface area contributed by atoms with Crippen LogP contribution in [0.2, 0.25) is 0 Å². The highest BCUT2D eigenvalue weighted by atomic mass is 16.5. The molecule has 0 spiro atoms. The van der Waals surface area contributed by atoms with Crippen LogP contribution in [0.1, 0.15) is 26.2 Å². The van der Waals surface area contributed by atoms with Gasteiger partial charge in [-0.25, -0.2) is 0 Å². The molecule has 1 fully saturated rings. The molecule has 1 aliphatic rings. The summed E-state index contributed by atoms with van der Waals surface area (Å²) in [5.41, 5.74) is 1.13. The third-order valence-electron chi connectivity index (χ3n) is 2.65. The van der Waals surface area contributed by atoms with Crippen molar-refractivity contribution in [1.29, 1.82) is 0 Å². The lowest BCUT2D eigenvalue weighted by Crippen LogP contribution is -2.33. The van der Waals surface area contributed by atoms with Crippen molar-refractivity contribution >= 4 is 0 Å². The van der Waals surface area contributed by atoms with Crippen LogP contribution < -0.4 is 0 Å². The normalized spacial score (nSPS) is 19.3. The van der Waals surface area contributed by atoms with E-state index in [-0.39, 0.29) is 6.10 Å². The van der Waals surface area contributed by atoms with E-state index in [1.54, 1.807) is 0 Å². The second kappa shape index (κ2) is 6.99. The van der Waals surface area contributed by atoms with Gasteiger partial charge in [-0.2, -0.15) is 0 Å². The van der Waals surface area contributed by atoms with Crippen LogP contribution in [0.3, 0.4) is 0 Å². The zero-order valence-electron chi connectivity index (χ0n) is 9.74. The molecule has 1 unspecified atom stereocenters. The van der Waals surface area contributed by atoms with Gasteiger partial charge in [0.05, 0.1) is 19.3 Å². The highest BCUT2D eigenvalue weighted by molar-refractivity contribution is 4.87. The number of aliphatic hydroxyl groups excluding tert-OH is 1. The summed E-state index contributed by atoms with van der Waals surface area (Å²) in [6.07, 6.45) is 3.08. The molecule has 0 aromatic heterocycles. The van der Waals surface area contributed by atoms with Gasteiger partial charge < -0.3 is 14.7 Å². The number of β-amino-alcohol motifs (C(OH)–C–C–N with tert-alkyl or cyclic N) is 1. The molecular weight excluding hydrogens is 190 g/mol. The molecule has 0 bridgehead atoms. The molecule has 0 aromatic rings. The molecule has 0 amide bonds. The van der Waals surface area contributed by atoms with Crippen LogP contribution in [0, 0.1) is 0 Å². The molecule has 0 aromatic carbocycles. The summed E-state index contributed by atoms with van der Waals surface area (Å²) >= 11 is 0. The van der Waals surface area contributed by atoms with Gasteiger partial charge in [-0.3, -0.25) is 0 Å². The van der Waals surface area contributed by atoms with Crippen molar-refractivity contribution < 1.29 is 9.84 Å². The fourth-order valence-corrected chi connectivity index (χ4v) is 1.78. The topological polar surface area (TPSA) is 32.7 Å². The summed E-state index contributed by atoms with van der Waals surface area (Å²) in [6.45, 7) is 9.93. The monoisotopic (exact) mass is 213 g/mol. The summed E-state index contributed by atoms with van der Waals surface area (Å²) in [4.78, 5) is 2.30. The minimum Gasteiger partial charge on any atom is -0.389 e. The van der Waals surface area contributed by atoms with Gasteiger partial charge in [0.1, 0.15) is 0 Å². The average Bonchev–Trinajstić information content (AvgIpc) is 2.64. The molecule has 1 rings (SSSR count). The Bertz CT molecular complexity index is 188. The summed E-state index contributed by atoms with van der Waals surface area (Å²) in [5, 5.41) is 9.69. The van der Waals surface area contributed by atoms with Crippen LogP contribution in [-0.4, -0.2) is 49.0 Å². The molecule has 1 N–H and O–H groups in total. The first kappa shape index (κ1) is 12.7. The number of ether oxygens (including phenoxy) is 1. The molecule has 88 valence electrons. The Hall–Kier alpha value is -0.380. The largest absolute Gasteiger partial charge is 0.389 e.